The van der Waals surface area contributed by atoms with Gasteiger partial charge in [0, 0.05) is 18.7 Å². The molecule has 6 nitrogen and oxygen atoms in total. The first-order valence-electron chi connectivity index (χ1n) is 12.0. The molecule has 16 heteroatoms. The molecule has 0 aliphatic carbocycles. The molecule has 1 aliphatic rings. The predicted octanol–water partition coefficient (Wildman–Crippen LogP) is 5.87. The summed E-state index contributed by atoms with van der Waals surface area (Å²) in [6.07, 6.45) is -5.78. The zero-order valence-corrected chi connectivity index (χ0v) is 21.9. The molecule has 1 amide bonds. The Hall–Kier alpha value is -3.14. The van der Waals surface area contributed by atoms with E-state index >= 15 is 0 Å². The van der Waals surface area contributed by atoms with Crippen molar-refractivity contribution in [1.82, 2.24) is 9.62 Å². The number of carbonyl (C=O) groups is 2. The lowest BCUT2D eigenvalue weighted by molar-refractivity contribution is -0.381. The maximum absolute atomic E-state index is 14.5. The maximum atomic E-state index is 14.5. The molecule has 0 bridgehead atoms. The predicted molar refractivity (Wildman–Crippen MR) is 128 cm³/mol. The molecule has 2 atom stereocenters. The minimum atomic E-state index is -7.25. The Morgan fingerprint density at radius 2 is 1.46 bits per heavy atom. The molecule has 1 saturated heterocycles. The van der Waals surface area contributed by atoms with Gasteiger partial charge in [0.15, 0.2) is 11.0 Å². The number of carbonyl (C=O) groups excluding carboxylic acids is 2. The molecule has 0 radical (unpaired) electrons. The van der Waals surface area contributed by atoms with E-state index in [-0.39, 0.29) is 28.9 Å². The minimum absolute atomic E-state index is 0.00158. The molecule has 1 fully saturated rings. The van der Waals surface area contributed by atoms with Crippen molar-refractivity contribution in [1.29, 1.82) is 0 Å². The second-order valence-electron chi connectivity index (χ2n) is 8.91. The summed E-state index contributed by atoms with van der Waals surface area (Å²) < 4.78 is 141. The fourth-order valence-corrected chi connectivity index (χ4v) is 5.02. The van der Waals surface area contributed by atoms with Crippen LogP contribution >= 0.6 is 0 Å². The van der Waals surface area contributed by atoms with E-state index in [1.807, 2.05) is 0 Å². The van der Waals surface area contributed by atoms with Gasteiger partial charge in [-0.1, -0.05) is 30.3 Å². The van der Waals surface area contributed by atoms with Crippen molar-refractivity contribution in [3.63, 3.8) is 0 Å². The SMILES string of the molecule is CCOC(=O)c1ccc(C(NS(=O)C(F)(F)C(F)(F)C(F)(F)C(F)(F)F)c2ccccc2C(=O)N2CCCC2)cc1. The summed E-state index contributed by atoms with van der Waals surface area (Å²) in [6.45, 7) is 2.19. The Kier molecular flexibility index (Phi) is 9.47. The van der Waals surface area contributed by atoms with Gasteiger partial charge >= 0.3 is 29.2 Å². The van der Waals surface area contributed by atoms with Gasteiger partial charge in [-0.2, -0.15) is 39.5 Å². The van der Waals surface area contributed by atoms with Crippen LogP contribution in [-0.2, 0) is 15.7 Å². The lowest BCUT2D eigenvalue weighted by Crippen LogP contribution is -2.63. The van der Waals surface area contributed by atoms with Gasteiger partial charge in [-0.25, -0.2) is 13.7 Å². The number of rotatable bonds is 10. The summed E-state index contributed by atoms with van der Waals surface area (Å²) in [7, 11) is -4.58. The first-order chi connectivity index (χ1) is 19.0. The number of nitrogens with zero attached hydrogens (tertiary/aromatic N) is 1. The van der Waals surface area contributed by atoms with Crippen LogP contribution in [0.15, 0.2) is 48.5 Å². The van der Waals surface area contributed by atoms with Crippen molar-refractivity contribution in [3.05, 3.63) is 70.8 Å². The molecule has 1 aliphatic heterocycles. The van der Waals surface area contributed by atoms with E-state index in [9.17, 15) is 53.3 Å². The highest BCUT2D eigenvalue weighted by molar-refractivity contribution is 7.84. The Morgan fingerprint density at radius 3 is 2.00 bits per heavy atom. The molecule has 1 heterocycles. The largest absolute Gasteiger partial charge is 0.462 e. The summed E-state index contributed by atoms with van der Waals surface area (Å²) in [5, 5.41) is -6.46. The van der Waals surface area contributed by atoms with Crippen LogP contribution in [0.4, 0.5) is 39.5 Å². The van der Waals surface area contributed by atoms with Gasteiger partial charge in [0.05, 0.1) is 18.2 Å². The molecule has 2 aromatic carbocycles. The van der Waals surface area contributed by atoms with Crippen LogP contribution in [0.2, 0.25) is 0 Å². The highest BCUT2D eigenvalue weighted by Gasteiger charge is 2.83. The number of amides is 1. The fourth-order valence-electron chi connectivity index (χ4n) is 4.03. The van der Waals surface area contributed by atoms with E-state index in [1.165, 1.54) is 40.8 Å². The summed E-state index contributed by atoms with van der Waals surface area (Å²) >= 11 is 0. The molecule has 0 spiro atoms. The molecule has 1 N–H and O–H groups in total. The van der Waals surface area contributed by atoms with E-state index in [4.69, 9.17) is 4.74 Å². The summed E-state index contributed by atoms with van der Waals surface area (Å²) in [5.41, 5.74) is -0.592. The standard InChI is InChI=1S/C25H23F9N2O4S/c1-2-40-21(38)16-11-9-15(10-12-16)19(17-7-3-4-8-18(17)20(37)36-13-5-6-14-36)35-41(39)25(33,34)23(28,29)22(26,27)24(30,31)32/h3-4,7-12,19,35H,2,5-6,13-14H2,1H3. The lowest BCUT2D eigenvalue weighted by atomic mass is 9.94. The third kappa shape index (κ3) is 6.22. The number of nitrogens with one attached hydrogen (secondary N) is 1. The number of hydrogen-bond acceptors (Lipinski definition) is 4. The van der Waals surface area contributed by atoms with Crippen LogP contribution in [0, 0.1) is 0 Å². The van der Waals surface area contributed by atoms with Crippen LogP contribution < -0.4 is 4.72 Å². The first kappa shape index (κ1) is 32.4. The Balaban J connectivity index is 2.10. The van der Waals surface area contributed by atoms with E-state index in [0.29, 0.717) is 25.9 Å². The van der Waals surface area contributed by atoms with Crippen molar-refractivity contribution < 1.29 is 58.0 Å². The number of halogens is 9. The van der Waals surface area contributed by atoms with Crippen LogP contribution in [0.3, 0.4) is 0 Å². The van der Waals surface area contributed by atoms with Gasteiger partial charge in [0.25, 0.3) is 5.91 Å². The molecule has 2 unspecified atom stereocenters. The van der Waals surface area contributed by atoms with E-state index in [0.717, 1.165) is 24.3 Å². The van der Waals surface area contributed by atoms with Gasteiger partial charge in [-0.05, 0) is 49.1 Å². The van der Waals surface area contributed by atoms with Gasteiger partial charge in [0.1, 0.15) is 0 Å². The van der Waals surface area contributed by atoms with Crippen molar-refractivity contribution in [3.8, 4) is 0 Å². The van der Waals surface area contributed by atoms with E-state index < -0.39 is 52.2 Å². The number of benzene rings is 2. The monoisotopic (exact) mass is 618 g/mol. The summed E-state index contributed by atoms with van der Waals surface area (Å²) in [6, 6.07) is 7.69. The van der Waals surface area contributed by atoms with Crippen molar-refractivity contribution in [2.45, 2.75) is 49.1 Å². The first-order valence-corrected chi connectivity index (χ1v) is 13.2. The fraction of sp³-hybridized carbons (Fsp3) is 0.440. The Labute approximate surface area is 230 Å². The van der Waals surface area contributed by atoms with Crippen molar-refractivity contribution >= 4 is 22.9 Å². The molecule has 0 aromatic heterocycles. The Morgan fingerprint density at radius 1 is 0.902 bits per heavy atom. The zero-order valence-electron chi connectivity index (χ0n) is 21.1. The van der Waals surface area contributed by atoms with Gasteiger partial charge in [-0.3, -0.25) is 4.79 Å². The third-order valence-corrected chi connectivity index (χ3v) is 7.40. The minimum Gasteiger partial charge on any atom is -0.462 e. The highest BCUT2D eigenvalue weighted by atomic mass is 32.2. The van der Waals surface area contributed by atoms with Crippen molar-refractivity contribution in [2.24, 2.45) is 0 Å². The normalized spacial score (nSPS) is 16.4. The van der Waals surface area contributed by atoms with Crippen LogP contribution in [0.1, 0.15) is 57.7 Å². The molecule has 0 saturated carbocycles. The molecule has 2 aromatic rings. The average Bonchev–Trinajstić information content (AvgIpc) is 3.46. The molecule has 226 valence electrons. The van der Waals surface area contributed by atoms with E-state index in [1.54, 1.807) is 0 Å². The zero-order chi connectivity index (χ0) is 30.8. The number of hydrogen-bond donors (Lipinski definition) is 1. The maximum Gasteiger partial charge on any atom is 0.460 e. The number of ether oxygens (including phenoxy) is 1. The quantitative estimate of drug-likeness (QED) is 0.267. The molecule has 3 rings (SSSR count). The number of alkyl halides is 9. The highest BCUT2D eigenvalue weighted by Crippen LogP contribution is 2.54. The van der Waals surface area contributed by atoms with Crippen LogP contribution in [0.25, 0.3) is 0 Å². The second-order valence-corrected chi connectivity index (χ2v) is 10.2. The lowest BCUT2D eigenvalue weighted by Gasteiger charge is -2.34. The molecular weight excluding hydrogens is 595 g/mol. The smallest absolute Gasteiger partial charge is 0.460 e. The van der Waals surface area contributed by atoms with Crippen LogP contribution in [-0.4, -0.2) is 64.0 Å². The van der Waals surface area contributed by atoms with Gasteiger partial charge in [0.2, 0.25) is 0 Å². The Bertz CT molecular complexity index is 1280. The molecular formula is C25H23F9N2O4S. The number of esters is 1. The van der Waals surface area contributed by atoms with Crippen LogP contribution in [0.5, 0.6) is 0 Å². The molecule has 41 heavy (non-hydrogen) atoms. The van der Waals surface area contributed by atoms with Gasteiger partial charge < -0.3 is 9.64 Å². The van der Waals surface area contributed by atoms with Crippen molar-refractivity contribution in [2.75, 3.05) is 19.7 Å². The second kappa shape index (κ2) is 12.0. The van der Waals surface area contributed by atoms with E-state index in [2.05, 4.69) is 0 Å². The average molecular weight is 619 g/mol. The third-order valence-electron chi connectivity index (χ3n) is 6.22. The van der Waals surface area contributed by atoms with Gasteiger partial charge in [-0.15, -0.1) is 0 Å². The summed E-state index contributed by atoms with van der Waals surface area (Å²) in [4.78, 5) is 26.6. The topological polar surface area (TPSA) is 75.7 Å². The summed E-state index contributed by atoms with van der Waals surface area (Å²) in [5.74, 6) is -15.8. The number of likely N-dealkylation sites (tertiary alicyclic amines) is 1.